The van der Waals surface area contributed by atoms with Crippen LogP contribution in [-0.4, -0.2) is 54.5 Å². The zero-order valence-electron chi connectivity index (χ0n) is 9.74. The van der Waals surface area contributed by atoms with Gasteiger partial charge in [0.15, 0.2) is 0 Å². The van der Waals surface area contributed by atoms with Crippen LogP contribution in [0, 0.1) is 5.92 Å². The standard InChI is InChI=1S/C11H19N3O2/c1-9-3-2-5-13(7-9)8-10(15)14-6-4-12-11(14)16/h9H,2-8H2,1H3,(H,12,16)/t9-/m0/s1. The molecule has 0 spiro atoms. The van der Waals surface area contributed by atoms with Gasteiger partial charge in [0, 0.05) is 19.6 Å². The largest absolute Gasteiger partial charge is 0.336 e. The summed E-state index contributed by atoms with van der Waals surface area (Å²) in [5, 5.41) is 2.64. The molecule has 5 nitrogen and oxygen atoms in total. The zero-order valence-corrected chi connectivity index (χ0v) is 9.74. The number of nitrogens with one attached hydrogen (secondary N) is 1. The molecule has 3 amide bonds. The van der Waals surface area contributed by atoms with Crippen LogP contribution in [0.1, 0.15) is 19.8 Å². The van der Waals surface area contributed by atoms with Crippen molar-refractivity contribution in [2.75, 3.05) is 32.7 Å². The summed E-state index contributed by atoms with van der Waals surface area (Å²) in [5.41, 5.74) is 0. The van der Waals surface area contributed by atoms with Gasteiger partial charge in [-0.1, -0.05) is 6.92 Å². The third-order valence-electron chi connectivity index (χ3n) is 3.26. The minimum absolute atomic E-state index is 0.0656. The summed E-state index contributed by atoms with van der Waals surface area (Å²) in [4.78, 5) is 26.6. The van der Waals surface area contributed by atoms with E-state index < -0.39 is 0 Å². The highest BCUT2D eigenvalue weighted by molar-refractivity contribution is 5.96. The van der Waals surface area contributed by atoms with Crippen LogP contribution >= 0.6 is 0 Å². The second-order valence-electron chi connectivity index (χ2n) is 4.76. The average molecular weight is 225 g/mol. The molecule has 16 heavy (non-hydrogen) atoms. The minimum atomic E-state index is -0.241. The van der Waals surface area contributed by atoms with Crippen molar-refractivity contribution in [3.63, 3.8) is 0 Å². The van der Waals surface area contributed by atoms with Crippen LogP contribution in [0.25, 0.3) is 0 Å². The van der Waals surface area contributed by atoms with Gasteiger partial charge in [-0.3, -0.25) is 14.6 Å². The van der Waals surface area contributed by atoms with Gasteiger partial charge in [-0.25, -0.2) is 4.79 Å². The second-order valence-corrected chi connectivity index (χ2v) is 4.76. The molecule has 5 heteroatoms. The number of amides is 3. The highest BCUT2D eigenvalue weighted by Crippen LogP contribution is 2.15. The number of piperidine rings is 1. The average Bonchev–Trinajstić information content (AvgIpc) is 2.64. The van der Waals surface area contributed by atoms with Crippen LogP contribution in [0.15, 0.2) is 0 Å². The van der Waals surface area contributed by atoms with E-state index in [9.17, 15) is 9.59 Å². The van der Waals surface area contributed by atoms with Crippen LogP contribution in [0.3, 0.4) is 0 Å². The molecule has 0 aromatic heterocycles. The summed E-state index contributed by atoms with van der Waals surface area (Å²) in [5.74, 6) is 0.595. The Balaban J connectivity index is 1.84. The van der Waals surface area contributed by atoms with Gasteiger partial charge < -0.3 is 5.32 Å². The van der Waals surface area contributed by atoms with Crippen molar-refractivity contribution >= 4 is 11.9 Å². The molecular formula is C11H19N3O2. The summed E-state index contributed by atoms with van der Waals surface area (Å²) in [6, 6.07) is -0.241. The lowest BCUT2D eigenvalue weighted by Gasteiger charge is -2.30. The van der Waals surface area contributed by atoms with Crippen LogP contribution in [0.4, 0.5) is 4.79 Å². The first-order chi connectivity index (χ1) is 7.66. The van der Waals surface area contributed by atoms with Gasteiger partial charge in [-0.15, -0.1) is 0 Å². The summed E-state index contributed by atoms with van der Waals surface area (Å²) in [6.45, 7) is 5.64. The summed E-state index contributed by atoms with van der Waals surface area (Å²) >= 11 is 0. The van der Waals surface area contributed by atoms with E-state index in [-0.39, 0.29) is 11.9 Å². The van der Waals surface area contributed by atoms with Crippen molar-refractivity contribution in [2.45, 2.75) is 19.8 Å². The molecule has 0 unspecified atom stereocenters. The van der Waals surface area contributed by atoms with Gasteiger partial charge in [-0.2, -0.15) is 0 Å². The maximum absolute atomic E-state index is 11.9. The van der Waals surface area contributed by atoms with E-state index in [1.54, 1.807) is 0 Å². The van der Waals surface area contributed by atoms with Crippen molar-refractivity contribution in [3.8, 4) is 0 Å². The number of nitrogens with zero attached hydrogens (tertiary/aromatic N) is 2. The van der Waals surface area contributed by atoms with Crippen molar-refractivity contribution in [1.29, 1.82) is 0 Å². The lowest BCUT2D eigenvalue weighted by atomic mass is 10.0. The van der Waals surface area contributed by atoms with Gasteiger partial charge in [-0.05, 0) is 25.3 Å². The molecule has 0 aromatic carbocycles. The topological polar surface area (TPSA) is 52.7 Å². The predicted molar refractivity (Wildman–Crippen MR) is 59.9 cm³/mol. The summed E-state index contributed by atoms with van der Waals surface area (Å²) < 4.78 is 0. The smallest absolute Gasteiger partial charge is 0.324 e. The number of imide groups is 1. The Morgan fingerprint density at radius 3 is 2.94 bits per heavy atom. The minimum Gasteiger partial charge on any atom is -0.336 e. The van der Waals surface area contributed by atoms with Crippen molar-refractivity contribution < 1.29 is 9.59 Å². The van der Waals surface area contributed by atoms with E-state index in [4.69, 9.17) is 0 Å². The molecule has 2 aliphatic rings. The molecule has 2 fully saturated rings. The monoisotopic (exact) mass is 225 g/mol. The highest BCUT2D eigenvalue weighted by atomic mass is 16.2. The van der Waals surface area contributed by atoms with Crippen LogP contribution < -0.4 is 5.32 Å². The number of rotatable bonds is 2. The fourth-order valence-electron chi connectivity index (χ4n) is 2.42. The molecule has 1 N–H and O–H groups in total. The summed E-state index contributed by atoms with van der Waals surface area (Å²) in [6.07, 6.45) is 2.40. The van der Waals surface area contributed by atoms with E-state index in [1.165, 1.54) is 11.3 Å². The fraction of sp³-hybridized carbons (Fsp3) is 0.818. The predicted octanol–water partition coefficient (Wildman–Crippen LogP) is 0.270. The number of carbonyl (C=O) groups is 2. The Bertz CT molecular complexity index is 293. The Morgan fingerprint density at radius 2 is 2.31 bits per heavy atom. The SMILES string of the molecule is C[C@H]1CCCN(CC(=O)N2CCNC2=O)C1. The third kappa shape index (κ3) is 2.52. The van der Waals surface area contributed by atoms with E-state index in [2.05, 4.69) is 17.1 Å². The van der Waals surface area contributed by atoms with Gasteiger partial charge in [0.25, 0.3) is 0 Å². The highest BCUT2D eigenvalue weighted by Gasteiger charge is 2.28. The Labute approximate surface area is 95.8 Å². The number of hydrogen-bond acceptors (Lipinski definition) is 3. The number of likely N-dealkylation sites (tertiary alicyclic amines) is 1. The van der Waals surface area contributed by atoms with Crippen LogP contribution in [0.2, 0.25) is 0 Å². The molecule has 2 aliphatic heterocycles. The molecule has 0 bridgehead atoms. The zero-order chi connectivity index (χ0) is 11.5. The van der Waals surface area contributed by atoms with Crippen LogP contribution in [-0.2, 0) is 4.79 Å². The number of carbonyl (C=O) groups excluding carboxylic acids is 2. The first kappa shape index (κ1) is 11.4. The lowest BCUT2D eigenvalue weighted by Crippen LogP contribution is -2.44. The summed E-state index contributed by atoms with van der Waals surface area (Å²) in [7, 11) is 0. The second kappa shape index (κ2) is 4.82. The molecule has 0 aliphatic carbocycles. The quantitative estimate of drug-likeness (QED) is 0.734. The van der Waals surface area contributed by atoms with Crippen molar-refractivity contribution in [2.24, 2.45) is 5.92 Å². The molecular weight excluding hydrogens is 206 g/mol. The van der Waals surface area contributed by atoms with Gasteiger partial charge >= 0.3 is 6.03 Å². The third-order valence-corrected chi connectivity index (χ3v) is 3.26. The number of urea groups is 1. The molecule has 0 radical (unpaired) electrons. The molecule has 2 rings (SSSR count). The maximum Gasteiger partial charge on any atom is 0.324 e. The van der Waals surface area contributed by atoms with Gasteiger partial charge in [0.2, 0.25) is 5.91 Å². The molecule has 0 saturated carbocycles. The number of hydrogen-bond donors (Lipinski definition) is 1. The molecule has 1 atom stereocenters. The van der Waals surface area contributed by atoms with Gasteiger partial charge in [0.1, 0.15) is 0 Å². The Morgan fingerprint density at radius 1 is 1.50 bits per heavy atom. The Kier molecular flexibility index (Phi) is 3.43. The molecule has 90 valence electrons. The Hall–Kier alpha value is -1.10. The van der Waals surface area contributed by atoms with Crippen LogP contribution in [0.5, 0.6) is 0 Å². The van der Waals surface area contributed by atoms with E-state index >= 15 is 0 Å². The molecule has 2 saturated heterocycles. The van der Waals surface area contributed by atoms with Crippen molar-refractivity contribution in [3.05, 3.63) is 0 Å². The molecule has 0 aromatic rings. The first-order valence-corrected chi connectivity index (χ1v) is 5.97. The van der Waals surface area contributed by atoms with Gasteiger partial charge in [0.05, 0.1) is 6.54 Å². The van der Waals surface area contributed by atoms with E-state index in [0.717, 1.165) is 19.5 Å². The van der Waals surface area contributed by atoms with Crippen molar-refractivity contribution in [1.82, 2.24) is 15.1 Å². The lowest BCUT2D eigenvalue weighted by molar-refractivity contribution is -0.129. The maximum atomic E-state index is 11.9. The fourth-order valence-corrected chi connectivity index (χ4v) is 2.42. The van der Waals surface area contributed by atoms with E-state index in [1.807, 2.05) is 0 Å². The molecule has 2 heterocycles. The van der Waals surface area contributed by atoms with E-state index in [0.29, 0.717) is 25.6 Å². The first-order valence-electron chi connectivity index (χ1n) is 5.97. The normalized spacial score (nSPS) is 26.9.